The summed E-state index contributed by atoms with van der Waals surface area (Å²) in [6.07, 6.45) is 0. The number of fused-ring (bicyclic) bond motifs is 5. The van der Waals surface area contributed by atoms with Gasteiger partial charge in [-0.1, -0.05) is 118 Å². The van der Waals surface area contributed by atoms with E-state index in [4.69, 9.17) is 0 Å². The van der Waals surface area contributed by atoms with Crippen LogP contribution in [0.2, 0.25) is 0 Å². The van der Waals surface area contributed by atoms with Gasteiger partial charge in [-0.05, 0) is 152 Å². The highest BCUT2D eigenvalue weighted by Crippen LogP contribution is 2.27. The van der Waals surface area contributed by atoms with Crippen LogP contribution in [0.1, 0.15) is 132 Å². The van der Waals surface area contributed by atoms with Crippen molar-refractivity contribution in [2.75, 3.05) is 0 Å². The van der Waals surface area contributed by atoms with Crippen LogP contribution in [0.15, 0.2) is 91.0 Å². The van der Waals surface area contributed by atoms with Crippen LogP contribution in [0.4, 0.5) is 0 Å². The van der Waals surface area contributed by atoms with Crippen molar-refractivity contribution in [3.05, 3.63) is 153 Å². The SMILES string of the molecule is CC.CC.CC.CC.CC.Cc1ccc2c(c1)nc(C)n2C.Cc1ccc2nc(C)n(C)c2c1.Cc1cccc2c1c(C)c(C)n2C.Cc1cccc2c1nc(C)n2C.Cc1cccc2nc(C)n(C)c12. The normalized spacial score (nSPS) is 9.83. The van der Waals surface area contributed by atoms with E-state index in [1.165, 1.54) is 72.0 Å². The third kappa shape index (κ3) is 15.3. The summed E-state index contributed by atoms with van der Waals surface area (Å²) in [7, 11) is 10.3. The lowest BCUT2D eigenvalue weighted by molar-refractivity contribution is 0.883. The van der Waals surface area contributed by atoms with Gasteiger partial charge in [-0.15, -0.1) is 0 Å². The Kier molecular flexibility index (Phi) is 26.7. The van der Waals surface area contributed by atoms with Crippen molar-refractivity contribution < 1.29 is 0 Å². The van der Waals surface area contributed by atoms with E-state index in [1.807, 2.05) is 124 Å². The van der Waals surface area contributed by atoms with Crippen LogP contribution in [0.25, 0.3) is 55.0 Å². The Balaban J connectivity index is 0.000000424. The minimum absolute atomic E-state index is 1.07. The lowest BCUT2D eigenvalue weighted by Gasteiger charge is -1.99. The Morgan fingerprint density at radius 3 is 1.32 bits per heavy atom. The second kappa shape index (κ2) is 30.3. The van der Waals surface area contributed by atoms with Crippen LogP contribution in [0.3, 0.4) is 0 Å². The molecule has 0 atom stereocenters. The maximum absolute atomic E-state index is 4.48. The molecule has 9 heteroatoms. The molecule has 10 aromatic rings. The van der Waals surface area contributed by atoms with E-state index >= 15 is 0 Å². The highest BCUT2D eigenvalue weighted by atomic mass is 15.1. The number of rotatable bonds is 0. The van der Waals surface area contributed by atoms with Crippen molar-refractivity contribution in [3.63, 3.8) is 0 Å². The van der Waals surface area contributed by atoms with E-state index in [2.05, 4.69) is 190 Å². The topological polar surface area (TPSA) is 76.2 Å². The first-order chi connectivity index (χ1) is 33.9. The minimum atomic E-state index is 1.07. The summed E-state index contributed by atoms with van der Waals surface area (Å²) in [5.41, 5.74) is 19.8. The molecule has 0 spiro atoms. The van der Waals surface area contributed by atoms with Crippen molar-refractivity contribution in [2.24, 2.45) is 35.2 Å². The summed E-state index contributed by atoms with van der Waals surface area (Å²) in [6.45, 7) is 43.0. The average molecular weight is 964 g/mol. The van der Waals surface area contributed by atoms with Crippen molar-refractivity contribution in [1.82, 2.24) is 42.8 Å². The molecule has 0 radical (unpaired) electrons. The third-order valence-corrected chi connectivity index (χ3v) is 12.2. The van der Waals surface area contributed by atoms with Gasteiger partial charge in [-0.3, -0.25) is 0 Å². The van der Waals surface area contributed by atoms with Crippen molar-refractivity contribution >= 4 is 55.0 Å². The van der Waals surface area contributed by atoms with Crippen LogP contribution >= 0.6 is 0 Å². The van der Waals surface area contributed by atoms with E-state index in [1.54, 1.807) is 0 Å². The molecule has 0 saturated carbocycles. The van der Waals surface area contributed by atoms with Crippen LogP contribution in [-0.4, -0.2) is 42.8 Å². The first-order valence-corrected chi connectivity index (χ1v) is 26.0. The van der Waals surface area contributed by atoms with E-state index in [9.17, 15) is 0 Å². The molecule has 0 amide bonds. The van der Waals surface area contributed by atoms with E-state index in [0.717, 1.165) is 45.4 Å². The van der Waals surface area contributed by atoms with Gasteiger partial charge in [0.1, 0.15) is 23.3 Å². The van der Waals surface area contributed by atoms with Crippen molar-refractivity contribution in [1.29, 1.82) is 0 Å². The van der Waals surface area contributed by atoms with Gasteiger partial charge >= 0.3 is 0 Å². The Labute approximate surface area is 430 Å². The van der Waals surface area contributed by atoms with E-state index in [0.29, 0.717) is 0 Å². The Bertz CT molecular complexity index is 3160. The summed E-state index contributed by atoms with van der Waals surface area (Å²) in [4.78, 5) is 17.8. The molecule has 0 fully saturated rings. The number of para-hydroxylation sites is 2. The van der Waals surface area contributed by atoms with E-state index < -0.39 is 0 Å². The lowest BCUT2D eigenvalue weighted by atomic mass is 10.1. The van der Waals surface area contributed by atoms with Crippen LogP contribution in [0.5, 0.6) is 0 Å². The molecule has 0 aliphatic rings. The second-order valence-electron chi connectivity index (χ2n) is 16.5. The molecule has 5 aromatic heterocycles. The molecule has 0 aliphatic carbocycles. The molecule has 5 heterocycles. The molecule has 71 heavy (non-hydrogen) atoms. The van der Waals surface area contributed by atoms with Gasteiger partial charge in [-0.25, -0.2) is 19.9 Å². The standard InChI is InChI=1S/C12H15N.4C10H12N2.5C2H6/c1-8-6-5-7-11-12(8)9(2)10(3)13(11)4;1-7-4-5-10-9(6-7)11-8(2)12(10)3;1-7-4-5-9-10(6-7)12(3)8(2)11-9;1-7-5-4-6-9-10(7)11-8(2)12(9)3;1-7-5-4-6-9-10(7)12(3)8(2)11-9;5*1-2/h5-7H,1-4H3;4*4-6H,1-3H3;5*1-2H3. The van der Waals surface area contributed by atoms with Crippen LogP contribution in [0, 0.1) is 76.2 Å². The Hall–Kier alpha value is -6.48. The van der Waals surface area contributed by atoms with Crippen LogP contribution in [-0.2, 0) is 35.2 Å². The largest absolute Gasteiger partial charge is 0.348 e. The van der Waals surface area contributed by atoms with Gasteiger partial charge in [0.25, 0.3) is 0 Å². The molecule has 9 nitrogen and oxygen atoms in total. The fourth-order valence-electron chi connectivity index (χ4n) is 7.94. The number of hydrogen-bond donors (Lipinski definition) is 0. The number of aryl methyl sites for hydroxylation is 15. The van der Waals surface area contributed by atoms with E-state index in [-0.39, 0.29) is 0 Å². The number of aromatic nitrogens is 9. The zero-order valence-electron chi connectivity index (χ0n) is 49.2. The fraction of sp³-hybridized carbons (Fsp3) is 0.419. The third-order valence-electron chi connectivity index (χ3n) is 12.2. The van der Waals surface area contributed by atoms with Crippen molar-refractivity contribution in [3.8, 4) is 0 Å². The maximum Gasteiger partial charge on any atom is 0.106 e. The highest BCUT2D eigenvalue weighted by molar-refractivity contribution is 5.88. The minimum Gasteiger partial charge on any atom is -0.348 e. The summed E-state index contributed by atoms with van der Waals surface area (Å²) in [5.74, 6) is 4.27. The van der Waals surface area contributed by atoms with Gasteiger partial charge in [-0.2, -0.15) is 0 Å². The quantitative estimate of drug-likeness (QED) is 0.152. The number of nitrogens with zero attached hydrogens (tertiary/aromatic N) is 9. The zero-order chi connectivity index (χ0) is 54.4. The maximum atomic E-state index is 4.48. The van der Waals surface area contributed by atoms with Gasteiger partial charge in [0.2, 0.25) is 0 Å². The molecular formula is C62H93N9. The molecular weight excluding hydrogens is 871 g/mol. The highest BCUT2D eigenvalue weighted by Gasteiger charge is 2.10. The van der Waals surface area contributed by atoms with Gasteiger partial charge in [0, 0.05) is 51.8 Å². The fourth-order valence-corrected chi connectivity index (χ4v) is 7.94. The molecule has 10 rings (SSSR count). The summed E-state index contributed by atoms with van der Waals surface area (Å²) >= 11 is 0. The number of benzene rings is 5. The predicted octanol–water partition coefficient (Wildman–Crippen LogP) is 17.0. The molecule has 0 saturated heterocycles. The summed E-state index contributed by atoms with van der Waals surface area (Å²) in [6, 6.07) is 31.6. The molecule has 0 N–H and O–H groups in total. The molecule has 0 bridgehead atoms. The first kappa shape index (κ1) is 62.5. The van der Waals surface area contributed by atoms with Gasteiger partial charge in [0.15, 0.2) is 0 Å². The van der Waals surface area contributed by atoms with Gasteiger partial charge < -0.3 is 22.8 Å². The zero-order valence-corrected chi connectivity index (χ0v) is 49.2. The number of imidazole rings is 4. The Morgan fingerprint density at radius 1 is 0.324 bits per heavy atom. The summed E-state index contributed by atoms with van der Waals surface area (Å²) in [5, 5.41) is 1.42. The molecule has 0 unspecified atom stereocenters. The van der Waals surface area contributed by atoms with Gasteiger partial charge in [0.05, 0.1) is 44.1 Å². The number of hydrogen-bond acceptors (Lipinski definition) is 4. The lowest BCUT2D eigenvalue weighted by Crippen LogP contribution is -1.91. The van der Waals surface area contributed by atoms with Crippen molar-refractivity contribution in [2.45, 2.75) is 145 Å². The average Bonchev–Trinajstić information content (AvgIpc) is 4.11. The Morgan fingerprint density at radius 2 is 0.761 bits per heavy atom. The first-order valence-electron chi connectivity index (χ1n) is 26.0. The monoisotopic (exact) mass is 964 g/mol. The molecule has 0 aliphatic heterocycles. The second-order valence-corrected chi connectivity index (χ2v) is 16.5. The summed E-state index contributed by atoms with van der Waals surface area (Å²) < 4.78 is 10.7. The van der Waals surface area contributed by atoms with Crippen LogP contribution < -0.4 is 0 Å². The predicted molar refractivity (Wildman–Crippen MR) is 315 cm³/mol. The smallest absolute Gasteiger partial charge is 0.106 e. The molecule has 386 valence electrons. The molecule has 5 aromatic carbocycles.